The van der Waals surface area contributed by atoms with Gasteiger partial charge in [-0.2, -0.15) is 0 Å². The standard InChI is InChI=1S/C9H12N2O2/c10-5-7-3-1-2-4-8(7)11-9(13)6-12/h1-4,12H,5-6,10H2,(H,11,13). The Bertz CT molecular complexity index is 299. The third-order valence-corrected chi connectivity index (χ3v) is 1.65. The van der Waals surface area contributed by atoms with E-state index in [0.29, 0.717) is 12.2 Å². The van der Waals surface area contributed by atoms with Crippen LogP contribution in [0.1, 0.15) is 5.56 Å². The number of anilines is 1. The van der Waals surface area contributed by atoms with E-state index in [9.17, 15) is 4.79 Å². The molecule has 4 heteroatoms. The normalized spacial score (nSPS) is 9.69. The van der Waals surface area contributed by atoms with Crippen LogP contribution in [0.3, 0.4) is 0 Å². The van der Waals surface area contributed by atoms with Gasteiger partial charge in [0.25, 0.3) is 0 Å². The molecule has 0 atom stereocenters. The van der Waals surface area contributed by atoms with Crippen LogP contribution < -0.4 is 11.1 Å². The van der Waals surface area contributed by atoms with Gasteiger partial charge in [-0.15, -0.1) is 0 Å². The first-order valence-electron chi connectivity index (χ1n) is 3.96. The van der Waals surface area contributed by atoms with Crippen molar-refractivity contribution in [3.63, 3.8) is 0 Å². The third-order valence-electron chi connectivity index (χ3n) is 1.65. The summed E-state index contributed by atoms with van der Waals surface area (Å²) in [4.78, 5) is 10.8. The second-order valence-corrected chi connectivity index (χ2v) is 2.57. The molecule has 4 nitrogen and oxygen atoms in total. The van der Waals surface area contributed by atoms with E-state index in [1.54, 1.807) is 12.1 Å². The molecule has 1 aromatic rings. The van der Waals surface area contributed by atoms with Crippen LogP contribution in [-0.2, 0) is 11.3 Å². The minimum Gasteiger partial charge on any atom is -0.387 e. The number of rotatable bonds is 3. The number of para-hydroxylation sites is 1. The molecule has 0 fully saturated rings. The summed E-state index contributed by atoms with van der Waals surface area (Å²) in [6.07, 6.45) is 0. The number of carbonyl (C=O) groups excluding carboxylic acids is 1. The fourth-order valence-electron chi connectivity index (χ4n) is 1.01. The zero-order valence-corrected chi connectivity index (χ0v) is 7.16. The van der Waals surface area contributed by atoms with Crippen molar-refractivity contribution in [3.05, 3.63) is 29.8 Å². The van der Waals surface area contributed by atoms with E-state index in [-0.39, 0.29) is 0 Å². The minimum atomic E-state index is -0.515. The lowest BCUT2D eigenvalue weighted by Crippen LogP contribution is -2.17. The number of hydrogen-bond donors (Lipinski definition) is 3. The smallest absolute Gasteiger partial charge is 0.250 e. The highest BCUT2D eigenvalue weighted by Gasteiger charge is 2.02. The van der Waals surface area contributed by atoms with Crippen molar-refractivity contribution in [2.24, 2.45) is 5.73 Å². The Labute approximate surface area is 76.4 Å². The SMILES string of the molecule is NCc1ccccc1NC(=O)CO. The average molecular weight is 180 g/mol. The van der Waals surface area contributed by atoms with Crippen molar-refractivity contribution in [1.82, 2.24) is 0 Å². The molecular weight excluding hydrogens is 168 g/mol. The monoisotopic (exact) mass is 180 g/mol. The summed E-state index contributed by atoms with van der Waals surface area (Å²) in [6.45, 7) is -0.152. The highest BCUT2D eigenvalue weighted by atomic mass is 16.3. The van der Waals surface area contributed by atoms with Gasteiger partial charge in [0.05, 0.1) is 0 Å². The van der Waals surface area contributed by atoms with Crippen LogP contribution in [0.2, 0.25) is 0 Å². The molecule has 0 aromatic heterocycles. The number of benzene rings is 1. The van der Waals surface area contributed by atoms with E-state index in [0.717, 1.165) is 5.56 Å². The van der Waals surface area contributed by atoms with Crippen molar-refractivity contribution >= 4 is 11.6 Å². The first-order valence-corrected chi connectivity index (χ1v) is 3.96. The summed E-state index contributed by atoms with van der Waals surface area (Å²) in [5, 5.41) is 11.1. The quantitative estimate of drug-likeness (QED) is 0.616. The molecule has 4 N–H and O–H groups in total. The van der Waals surface area contributed by atoms with Gasteiger partial charge in [0, 0.05) is 12.2 Å². The lowest BCUT2D eigenvalue weighted by molar-refractivity contribution is -0.118. The van der Waals surface area contributed by atoms with Crippen molar-refractivity contribution in [2.75, 3.05) is 11.9 Å². The van der Waals surface area contributed by atoms with Crippen LogP contribution in [0.4, 0.5) is 5.69 Å². The molecule has 1 amide bonds. The maximum Gasteiger partial charge on any atom is 0.250 e. The highest BCUT2D eigenvalue weighted by Crippen LogP contribution is 2.13. The second-order valence-electron chi connectivity index (χ2n) is 2.57. The summed E-state index contributed by atoms with van der Waals surface area (Å²) in [5.74, 6) is -0.430. The van der Waals surface area contributed by atoms with Gasteiger partial charge in [-0.3, -0.25) is 4.79 Å². The summed E-state index contributed by atoms with van der Waals surface area (Å²) in [6, 6.07) is 7.21. The Kier molecular flexibility index (Phi) is 3.42. The molecule has 0 heterocycles. The molecule has 0 aliphatic heterocycles. The van der Waals surface area contributed by atoms with Crippen LogP contribution >= 0.6 is 0 Å². The number of hydrogen-bond acceptors (Lipinski definition) is 3. The fraction of sp³-hybridized carbons (Fsp3) is 0.222. The fourth-order valence-corrected chi connectivity index (χ4v) is 1.01. The largest absolute Gasteiger partial charge is 0.387 e. The van der Waals surface area contributed by atoms with Crippen molar-refractivity contribution in [2.45, 2.75) is 6.54 Å². The Morgan fingerprint density at radius 3 is 2.77 bits per heavy atom. The van der Waals surface area contributed by atoms with E-state index in [1.165, 1.54) is 0 Å². The molecule has 0 bridgehead atoms. The molecule has 13 heavy (non-hydrogen) atoms. The second kappa shape index (κ2) is 4.59. The van der Waals surface area contributed by atoms with Crippen LogP contribution in [0.25, 0.3) is 0 Å². The number of carbonyl (C=O) groups is 1. The maximum absolute atomic E-state index is 10.8. The highest BCUT2D eigenvalue weighted by molar-refractivity contribution is 5.92. The Morgan fingerprint density at radius 1 is 1.46 bits per heavy atom. The van der Waals surface area contributed by atoms with Crippen LogP contribution in [-0.4, -0.2) is 17.6 Å². The Morgan fingerprint density at radius 2 is 2.15 bits per heavy atom. The molecule has 70 valence electrons. The van der Waals surface area contributed by atoms with Crippen molar-refractivity contribution < 1.29 is 9.90 Å². The number of nitrogens with two attached hydrogens (primary N) is 1. The van der Waals surface area contributed by atoms with Crippen LogP contribution in [0.5, 0.6) is 0 Å². The molecule has 0 radical (unpaired) electrons. The third kappa shape index (κ3) is 2.54. The van der Waals surface area contributed by atoms with E-state index in [1.807, 2.05) is 12.1 Å². The van der Waals surface area contributed by atoms with Crippen molar-refractivity contribution in [3.8, 4) is 0 Å². The van der Waals surface area contributed by atoms with Crippen molar-refractivity contribution in [1.29, 1.82) is 0 Å². The van der Waals surface area contributed by atoms with Gasteiger partial charge >= 0.3 is 0 Å². The van der Waals surface area contributed by atoms with Crippen LogP contribution in [0, 0.1) is 0 Å². The first kappa shape index (κ1) is 9.70. The lowest BCUT2D eigenvalue weighted by Gasteiger charge is -2.07. The molecule has 0 spiro atoms. The van der Waals surface area contributed by atoms with Gasteiger partial charge in [0.2, 0.25) is 5.91 Å². The lowest BCUT2D eigenvalue weighted by atomic mass is 10.2. The molecule has 0 saturated carbocycles. The first-order chi connectivity index (χ1) is 6.27. The number of amides is 1. The van der Waals surface area contributed by atoms with Gasteiger partial charge in [-0.1, -0.05) is 18.2 Å². The van der Waals surface area contributed by atoms with Gasteiger partial charge in [-0.25, -0.2) is 0 Å². The molecular formula is C9H12N2O2. The summed E-state index contributed by atoms with van der Waals surface area (Å²) < 4.78 is 0. The topological polar surface area (TPSA) is 75.3 Å². The minimum absolute atomic E-state index is 0.363. The summed E-state index contributed by atoms with van der Waals surface area (Å²) in [7, 11) is 0. The molecule has 0 aliphatic carbocycles. The van der Waals surface area contributed by atoms with E-state index in [4.69, 9.17) is 10.8 Å². The number of aliphatic hydroxyl groups is 1. The van der Waals surface area contributed by atoms with E-state index >= 15 is 0 Å². The Hall–Kier alpha value is -1.39. The molecule has 0 aliphatic rings. The maximum atomic E-state index is 10.8. The van der Waals surface area contributed by atoms with Gasteiger partial charge < -0.3 is 16.2 Å². The number of aliphatic hydroxyl groups excluding tert-OH is 1. The van der Waals surface area contributed by atoms with E-state index < -0.39 is 12.5 Å². The summed E-state index contributed by atoms with van der Waals surface area (Å²) >= 11 is 0. The zero-order chi connectivity index (χ0) is 9.68. The van der Waals surface area contributed by atoms with Gasteiger partial charge in [-0.05, 0) is 11.6 Å². The van der Waals surface area contributed by atoms with Gasteiger partial charge in [0.15, 0.2) is 0 Å². The Balaban J connectivity index is 2.81. The number of nitrogens with one attached hydrogen (secondary N) is 1. The molecule has 1 aromatic carbocycles. The van der Waals surface area contributed by atoms with E-state index in [2.05, 4.69) is 5.32 Å². The average Bonchev–Trinajstić information content (AvgIpc) is 2.18. The molecule has 0 unspecified atom stereocenters. The molecule has 0 saturated heterocycles. The van der Waals surface area contributed by atoms with Crippen LogP contribution in [0.15, 0.2) is 24.3 Å². The summed E-state index contributed by atoms with van der Waals surface area (Å²) in [5.41, 5.74) is 6.96. The predicted molar refractivity (Wildman–Crippen MR) is 50.0 cm³/mol. The molecule has 1 rings (SSSR count). The zero-order valence-electron chi connectivity index (χ0n) is 7.16. The predicted octanol–water partition coefficient (Wildman–Crippen LogP) is 0.0761. The van der Waals surface area contributed by atoms with Gasteiger partial charge in [0.1, 0.15) is 6.61 Å².